The Morgan fingerprint density at radius 2 is 1.69 bits per heavy atom. The molecule has 0 saturated carbocycles. The lowest BCUT2D eigenvalue weighted by Gasteiger charge is -2.26. The smallest absolute Gasteiger partial charge is 0.308 e. The van der Waals surface area contributed by atoms with Crippen molar-refractivity contribution in [3.8, 4) is 0 Å². The van der Waals surface area contributed by atoms with Gasteiger partial charge in [-0.3, -0.25) is 14.5 Å². The quantitative estimate of drug-likeness (QED) is 0.341. The van der Waals surface area contributed by atoms with Crippen LogP contribution < -0.4 is 4.90 Å². The lowest BCUT2D eigenvalue weighted by molar-refractivity contribution is -0.143. The van der Waals surface area contributed by atoms with E-state index in [2.05, 4.69) is 0 Å². The molecular weight excluding hydrogens is 381 g/mol. The maximum atomic E-state index is 14.2. The first kappa shape index (κ1) is 18.3. The molecule has 4 nitrogen and oxygen atoms in total. The molecule has 0 fully saturated rings. The van der Waals surface area contributed by atoms with Crippen molar-refractivity contribution in [1.82, 2.24) is 0 Å². The van der Waals surface area contributed by atoms with Gasteiger partial charge in [-0.15, -0.1) is 11.3 Å². The van der Waals surface area contributed by atoms with Crippen LogP contribution in [0.2, 0.25) is 0 Å². The molecule has 0 spiro atoms. The second-order valence-electron chi connectivity index (χ2n) is 5.32. The van der Waals surface area contributed by atoms with Gasteiger partial charge in [-0.1, -0.05) is 0 Å². The molecule has 1 aliphatic rings. The molecule has 1 aromatic carbocycles. The van der Waals surface area contributed by atoms with Crippen molar-refractivity contribution in [2.45, 2.75) is 19.4 Å². The van der Waals surface area contributed by atoms with Gasteiger partial charge in [0.05, 0.1) is 23.9 Å². The highest BCUT2D eigenvalue weighted by Gasteiger charge is 2.44. The molecule has 0 saturated heterocycles. The minimum Gasteiger partial charge on any atom is -0.466 e. The largest absolute Gasteiger partial charge is 0.466 e. The summed E-state index contributed by atoms with van der Waals surface area (Å²) in [6, 6.07) is 0.212. The first-order valence-corrected chi connectivity index (χ1v) is 8.25. The van der Waals surface area contributed by atoms with Crippen molar-refractivity contribution < 1.29 is 36.3 Å². The minimum absolute atomic E-state index is 0.0263. The number of carbonyl (C=O) groups excluding carboxylic acids is 2. The predicted octanol–water partition coefficient (Wildman–Crippen LogP) is 4.10. The van der Waals surface area contributed by atoms with Gasteiger partial charge in [-0.05, 0) is 23.9 Å². The van der Waals surface area contributed by atoms with Crippen LogP contribution in [0, 0.1) is 29.1 Å². The number of ether oxygens (including phenoxy) is 1. The normalized spacial score (nSPS) is 16.2. The van der Waals surface area contributed by atoms with E-state index in [1.807, 2.05) is 0 Å². The van der Waals surface area contributed by atoms with Crippen LogP contribution in [0.4, 0.5) is 27.6 Å². The van der Waals surface area contributed by atoms with Gasteiger partial charge in [0.2, 0.25) is 5.82 Å². The fourth-order valence-corrected chi connectivity index (χ4v) is 3.68. The number of rotatable bonds is 4. The van der Waals surface area contributed by atoms with E-state index in [4.69, 9.17) is 4.74 Å². The van der Waals surface area contributed by atoms with Crippen LogP contribution >= 0.6 is 11.3 Å². The Balaban J connectivity index is 2.16. The molecule has 10 heteroatoms. The van der Waals surface area contributed by atoms with Crippen molar-refractivity contribution in [1.29, 1.82) is 0 Å². The molecule has 138 valence electrons. The zero-order valence-corrected chi connectivity index (χ0v) is 13.9. The van der Waals surface area contributed by atoms with Gasteiger partial charge in [-0.2, -0.15) is 0 Å². The number of hydrogen-bond acceptors (Lipinski definition) is 4. The molecule has 0 bridgehead atoms. The lowest BCUT2D eigenvalue weighted by atomic mass is 10.1. The van der Waals surface area contributed by atoms with Gasteiger partial charge in [-0.25, -0.2) is 22.0 Å². The number of fused-ring (bicyclic) bond motifs is 1. The van der Waals surface area contributed by atoms with E-state index in [0.29, 0.717) is 4.90 Å². The minimum atomic E-state index is -2.33. The highest BCUT2D eigenvalue weighted by molar-refractivity contribution is 7.12. The number of thiophene rings is 1. The number of nitrogens with zero attached hydrogens (tertiary/aromatic N) is 1. The average molecular weight is 391 g/mol. The van der Waals surface area contributed by atoms with Crippen LogP contribution in [0.25, 0.3) is 0 Å². The number of halogens is 5. The van der Waals surface area contributed by atoms with Crippen molar-refractivity contribution in [3.05, 3.63) is 51.0 Å². The second-order valence-corrected chi connectivity index (χ2v) is 6.24. The topological polar surface area (TPSA) is 46.6 Å². The van der Waals surface area contributed by atoms with Crippen LogP contribution in [-0.2, 0) is 9.53 Å². The summed E-state index contributed by atoms with van der Waals surface area (Å²) in [7, 11) is 0. The number of carbonyl (C=O) groups is 2. The molecule has 1 aliphatic heterocycles. The number of hydrogen-bond donors (Lipinski definition) is 0. The fourth-order valence-electron chi connectivity index (χ4n) is 2.79. The van der Waals surface area contributed by atoms with E-state index in [9.17, 15) is 31.5 Å². The molecule has 1 aromatic heterocycles. The SMILES string of the molecule is CCOC(=O)CC1c2ccsc2C(=O)N1c1c(F)c(F)c(F)c(F)c1F. The first-order chi connectivity index (χ1) is 12.3. The van der Waals surface area contributed by atoms with Crippen molar-refractivity contribution >= 4 is 28.9 Å². The van der Waals surface area contributed by atoms with E-state index < -0.39 is 59.1 Å². The van der Waals surface area contributed by atoms with Gasteiger partial charge >= 0.3 is 5.97 Å². The van der Waals surface area contributed by atoms with Crippen molar-refractivity contribution in [2.24, 2.45) is 0 Å². The molecule has 3 rings (SSSR count). The molecule has 1 atom stereocenters. The number of amides is 1. The monoisotopic (exact) mass is 391 g/mol. The summed E-state index contributed by atoms with van der Waals surface area (Å²) >= 11 is 0.936. The van der Waals surface area contributed by atoms with E-state index in [1.165, 1.54) is 18.4 Å². The highest BCUT2D eigenvalue weighted by atomic mass is 32.1. The Morgan fingerprint density at radius 3 is 2.27 bits per heavy atom. The third-order valence-electron chi connectivity index (χ3n) is 3.87. The predicted molar refractivity (Wildman–Crippen MR) is 81.4 cm³/mol. The van der Waals surface area contributed by atoms with Crippen molar-refractivity contribution in [3.63, 3.8) is 0 Å². The molecule has 1 amide bonds. The van der Waals surface area contributed by atoms with Gasteiger partial charge in [0.25, 0.3) is 5.91 Å². The van der Waals surface area contributed by atoms with Crippen LogP contribution in [0.15, 0.2) is 11.4 Å². The van der Waals surface area contributed by atoms with Gasteiger partial charge < -0.3 is 4.74 Å². The van der Waals surface area contributed by atoms with Gasteiger partial charge in [0.15, 0.2) is 23.3 Å². The molecule has 2 aromatic rings. The zero-order valence-electron chi connectivity index (χ0n) is 13.1. The first-order valence-electron chi connectivity index (χ1n) is 7.37. The Kier molecular flexibility index (Phi) is 4.70. The van der Waals surface area contributed by atoms with Gasteiger partial charge in [0.1, 0.15) is 5.69 Å². The maximum absolute atomic E-state index is 14.2. The Hall–Kier alpha value is -2.49. The Morgan fingerprint density at radius 1 is 1.12 bits per heavy atom. The van der Waals surface area contributed by atoms with Crippen LogP contribution in [0.5, 0.6) is 0 Å². The van der Waals surface area contributed by atoms with E-state index in [0.717, 1.165) is 11.3 Å². The summed E-state index contributed by atoms with van der Waals surface area (Å²) < 4.78 is 73.6. The van der Waals surface area contributed by atoms with Crippen LogP contribution in [0.1, 0.15) is 34.6 Å². The molecular formula is C16H10F5NO3S. The standard InChI is InChI=1S/C16H10F5NO3S/c1-2-25-8(23)5-7-6-3-4-26-15(6)16(24)22(7)14-12(20)10(18)9(17)11(19)13(14)21/h3-4,7H,2,5H2,1H3. The molecule has 26 heavy (non-hydrogen) atoms. The summed E-state index contributed by atoms with van der Waals surface area (Å²) in [5.74, 6) is -12.7. The highest BCUT2D eigenvalue weighted by Crippen LogP contribution is 2.44. The summed E-state index contributed by atoms with van der Waals surface area (Å²) in [5, 5.41) is 1.52. The molecule has 2 heterocycles. The van der Waals surface area contributed by atoms with E-state index in [1.54, 1.807) is 0 Å². The number of esters is 1. The van der Waals surface area contributed by atoms with Crippen molar-refractivity contribution in [2.75, 3.05) is 11.5 Å². The molecule has 0 radical (unpaired) electrons. The van der Waals surface area contributed by atoms with Gasteiger partial charge in [0, 0.05) is 0 Å². The van der Waals surface area contributed by atoms with Crippen LogP contribution in [-0.4, -0.2) is 18.5 Å². The Bertz CT molecular complexity index is 885. The molecule has 0 aliphatic carbocycles. The summed E-state index contributed by atoms with van der Waals surface area (Å²) in [6.45, 7) is 1.56. The number of anilines is 1. The fraction of sp³-hybridized carbons (Fsp3) is 0.250. The van der Waals surface area contributed by atoms with Crippen LogP contribution in [0.3, 0.4) is 0 Å². The average Bonchev–Trinajstić information content (AvgIpc) is 3.17. The Labute approximate surface area is 147 Å². The van der Waals surface area contributed by atoms with E-state index in [-0.39, 0.29) is 17.0 Å². The molecule has 1 unspecified atom stereocenters. The third-order valence-corrected chi connectivity index (χ3v) is 4.79. The summed E-state index contributed by atoms with van der Waals surface area (Å²) in [4.78, 5) is 24.8. The molecule has 0 N–H and O–H groups in total. The second kappa shape index (κ2) is 6.67. The third kappa shape index (κ3) is 2.64. The van der Waals surface area contributed by atoms with E-state index >= 15 is 0 Å². The lowest BCUT2D eigenvalue weighted by Crippen LogP contribution is -2.32. The summed E-state index contributed by atoms with van der Waals surface area (Å²) in [5.41, 5.74) is -1.12. The zero-order chi connectivity index (χ0) is 19.2. The maximum Gasteiger partial charge on any atom is 0.308 e. The number of benzene rings is 1. The summed E-state index contributed by atoms with van der Waals surface area (Å²) in [6.07, 6.45) is -0.497.